The number of thiol groups is 1. The lowest BCUT2D eigenvalue weighted by molar-refractivity contribution is -0.142. The van der Waals surface area contributed by atoms with Crippen LogP contribution in [0.1, 0.15) is 17.5 Å². The Labute approximate surface area is 242 Å². The molecule has 0 radical (unpaired) electrons. The van der Waals surface area contributed by atoms with E-state index >= 15 is 0 Å². The minimum atomic E-state index is -1.16. The highest BCUT2D eigenvalue weighted by atomic mass is 32.2. The molecule has 0 saturated carbocycles. The van der Waals surface area contributed by atoms with Crippen molar-refractivity contribution >= 4 is 59.0 Å². The second-order valence-corrected chi connectivity index (χ2v) is 10.7. The van der Waals surface area contributed by atoms with Crippen molar-refractivity contribution in [3.05, 3.63) is 71.9 Å². The third-order valence-corrected chi connectivity index (χ3v) is 7.42. The van der Waals surface area contributed by atoms with Crippen LogP contribution in [-0.4, -0.2) is 75.7 Å². The number of nitrogens with one attached hydrogen (secondary N) is 4. The first-order chi connectivity index (χ1) is 19.2. The average molecular weight is 586 g/mol. The Balaban J connectivity index is 1.68. The number of aromatic amines is 1. The molecule has 1 heterocycles. The van der Waals surface area contributed by atoms with Crippen LogP contribution in [0.2, 0.25) is 0 Å². The lowest BCUT2D eigenvalue weighted by Crippen LogP contribution is -2.58. The van der Waals surface area contributed by atoms with Gasteiger partial charge in [-0.3, -0.25) is 14.4 Å². The van der Waals surface area contributed by atoms with Crippen LogP contribution in [0.25, 0.3) is 10.9 Å². The first kappa shape index (κ1) is 31.1. The summed E-state index contributed by atoms with van der Waals surface area (Å²) in [5, 5.41) is 18.3. The molecule has 10 nitrogen and oxygen atoms in total. The zero-order valence-corrected chi connectivity index (χ0v) is 23.8. The van der Waals surface area contributed by atoms with Crippen molar-refractivity contribution in [3.8, 4) is 0 Å². The number of para-hydroxylation sites is 1. The zero-order valence-electron chi connectivity index (χ0n) is 22.1. The van der Waals surface area contributed by atoms with Gasteiger partial charge in [-0.15, -0.1) is 0 Å². The highest BCUT2D eigenvalue weighted by Crippen LogP contribution is 2.18. The summed E-state index contributed by atoms with van der Waals surface area (Å²) in [4.78, 5) is 54.1. The molecule has 3 aromatic rings. The van der Waals surface area contributed by atoms with Crippen LogP contribution >= 0.6 is 24.4 Å². The Kier molecular flexibility index (Phi) is 11.9. The summed E-state index contributed by atoms with van der Waals surface area (Å²) in [5.41, 5.74) is 8.75. The largest absolute Gasteiger partial charge is 0.480 e. The molecule has 0 spiro atoms. The molecule has 1 aromatic heterocycles. The maximum atomic E-state index is 13.2. The minimum Gasteiger partial charge on any atom is -0.480 e. The molecule has 0 aliphatic rings. The summed E-state index contributed by atoms with van der Waals surface area (Å²) < 4.78 is 0. The lowest BCUT2D eigenvalue weighted by Gasteiger charge is -2.24. The minimum absolute atomic E-state index is 0.0392. The maximum absolute atomic E-state index is 13.2. The van der Waals surface area contributed by atoms with Crippen molar-refractivity contribution in [2.75, 3.05) is 17.8 Å². The van der Waals surface area contributed by atoms with Crippen LogP contribution in [0.15, 0.2) is 60.8 Å². The third kappa shape index (κ3) is 8.77. The summed E-state index contributed by atoms with van der Waals surface area (Å²) in [6.45, 7) is 0. The monoisotopic (exact) mass is 585 g/mol. The van der Waals surface area contributed by atoms with E-state index in [1.54, 1.807) is 30.5 Å². The Morgan fingerprint density at radius 3 is 2.20 bits per heavy atom. The summed E-state index contributed by atoms with van der Waals surface area (Å²) in [5.74, 6) is -2.45. The van der Waals surface area contributed by atoms with E-state index < -0.39 is 47.9 Å². The van der Waals surface area contributed by atoms with Crippen LogP contribution in [0.5, 0.6) is 0 Å². The molecular weight excluding hydrogens is 550 g/mol. The van der Waals surface area contributed by atoms with Gasteiger partial charge < -0.3 is 31.8 Å². The second kappa shape index (κ2) is 15.3. The van der Waals surface area contributed by atoms with Crippen molar-refractivity contribution in [1.82, 2.24) is 20.9 Å². The van der Waals surface area contributed by atoms with Crippen LogP contribution in [0, 0.1) is 0 Å². The van der Waals surface area contributed by atoms with Crippen molar-refractivity contribution < 1.29 is 24.3 Å². The van der Waals surface area contributed by atoms with Crippen LogP contribution in [-0.2, 0) is 32.0 Å². The molecule has 3 amide bonds. The van der Waals surface area contributed by atoms with Crippen molar-refractivity contribution in [1.29, 1.82) is 0 Å². The quantitative estimate of drug-likeness (QED) is 0.133. The highest BCUT2D eigenvalue weighted by molar-refractivity contribution is 7.98. The molecule has 0 aliphatic carbocycles. The molecule has 0 saturated heterocycles. The van der Waals surface area contributed by atoms with E-state index in [1.807, 2.05) is 36.6 Å². The normalized spacial score (nSPS) is 14.1. The summed E-state index contributed by atoms with van der Waals surface area (Å²) >= 11 is 5.69. The Morgan fingerprint density at radius 1 is 0.900 bits per heavy atom. The van der Waals surface area contributed by atoms with Crippen molar-refractivity contribution in [3.63, 3.8) is 0 Å². The Morgan fingerprint density at radius 2 is 1.52 bits per heavy atom. The van der Waals surface area contributed by atoms with E-state index in [2.05, 4.69) is 33.6 Å². The van der Waals surface area contributed by atoms with Crippen LogP contribution in [0.3, 0.4) is 0 Å². The third-order valence-electron chi connectivity index (χ3n) is 6.41. The topological polar surface area (TPSA) is 166 Å². The number of thioether (sulfide) groups is 1. The summed E-state index contributed by atoms with van der Waals surface area (Å²) in [6, 6.07) is 12.5. The first-order valence-electron chi connectivity index (χ1n) is 12.8. The van der Waals surface area contributed by atoms with Gasteiger partial charge in [0.15, 0.2) is 0 Å². The molecule has 0 bridgehead atoms. The molecule has 0 aliphatic heterocycles. The lowest BCUT2D eigenvalue weighted by atomic mass is 10.0. The number of aromatic nitrogens is 1. The number of carboxylic acids is 1. The zero-order chi connectivity index (χ0) is 29.1. The van der Waals surface area contributed by atoms with Gasteiger partial charge in [0.2, 0.25) is 17.7 Å². The molecule has 40 heavy (non-hydrogen) atoms. The number of fused-ring (bicyclic) bond motifs is 1. The van der Waals surface area contributed by atoms with Gasteiger partial charge in [0.05, 0.1) is 6.04 Å². The van der Waals surface area contributed by atoms with Gasteiger partial charge in [-0.1, -0.05) is 48.5 Å². The van der Waals surface area contributed by atoms with E-state index in [0.29, 0.717) is 5.75 Å². The van der Waals surface area contributed by atoms with Crippen LogP contribution < -0.4 is 21.7 Å². The molecular formula is C28H35N5O5S2. The van der Waals surface area contributed by atoms with E-state index in [9.17, 15) is 24.3 Å². The summed E-state index contributed by atoms with van der Waals surface area (Å²) in [7, 11) is 0. The van der Waals surface area contributed by atoms with E-state index in [-0.39, 0.29) is 25.0 Å². The molecule has 7 N–H and O–H groups in total. The van der Waals surface area contributed by atoms with Gasteiger partial charge in [-0.2, -0.15) is 24.4 Å². The number of carbonyl (C=O) groups excluding carboxylic acids is 3. The number of carbonyl (C=O) groups is 4. The Bertz CT molecular complexity index is 1300. The fourth-order valence-electron chi connectivity index (χ4n) is 4.20. The van der Waals surface area contributed by atoms with E-state index in [4.69, 9.17) is 5.73 Å². The van der Waals surface area contributed by atoms with Gasteiger partial charge in [0.1, 0.15) is 18.1 Å². The number of nitrogens with two attached hydrogens (primary N) is 1. The SMILES string of the molecule is CSCCC(NC(=O)C(Cc1ccccc1)NC(=O)C(CS)NC(=O)C(N)Cc1c[nH]c2ccccc12)C(=O)O. The van der Waals surface area contributed by atoms with Crippen molar-refractivity contribution in [2.24, 2.45) is 5.73 Å². The number of carboxylic acid groups (broad SMARTS) is 1. The molecule has 4 atom stereocenters. The standard InChI is InChI=1S/C28H35N5O5S2/c1-40-12-11-22(28(37)38)31-26(35)23(13-17-7-3-2-4-8-17)32-27(36)24(16-39)33-25(34)20(29)14-18-15-30-21-10-6-5-9-19(18)21/h2-10,15,20,22-24,30,39H,11-14,16,29H2,1H3,(H,31,35)(H,32,36)(H,33,34)(H,37,38). The second-order valence-electron chi connectivity index (χ2n) is 9.35. The van der Waals surface area contributed by atoms with Gasteiger partial charge >= 0.3 is 5.97 Å². The number of aliphatic carboxylic acids is 1. The Hall–Kier alpha value is -3.48. The van der Waals surface area contributed by atoms with Crippen LogP contribution in [0.4, 0.5) is 0 Å². The van der Waals surface area contributed by atoms with Crippen molar-refractivity contribution in [2.45, 2.75) is 43.4 Å². The number of amides is 3. The number of hydrogen-bond acceptors (Lipinski definition) is 7. The molecule has 12 heteroatoms. The highest BCUT2D eigenvalue weighted by Gasteiger charge is 2.30. The number of rotatable bonds is 15. The molecule has 2 aromatic carbocycles. The summed E-state index contributed by atoms with van der Waals surface area (Å²) in [6.07, 6.45) is 4.26. The number of H-pyrrole nitrogens is 1. The first-order valence-corrected chi connectivity index (χ1v) is 14.8. The fraction of sp³-hybridized carbons (Fsp3) is 0.357. The number of benzene rings is 2. The predicted octanol–water partition coefficient (Wildman–Crippen LogP) is 1.50. The average Bonchev–Trinajstić information content (AvgIpc) is 3.36. The fourth-order valence-corrected chi connectivity index (χ4v) is 4.93. The molecule has 214 valence electrons. The van der Waals surface area contributed by atoms with E-state index in [0.717, 1.165) is 22.0 Å². The van der Waals surface area contributed by atoms with Gasteiger partial charge in [0.25, 0.3) is 0 Å². The molecule has 3 rings (SSSR count). The smallest absolute Gasteiger partial charge is 0.326 e. The van der Waals surface area contributed by atoms with Gasteiger partial charge in [0, 0.05) is 29.3 Å². The van der Waals surface area contributed by atoms with Gasteiger partial charge in [-0.05, 0) is 42.0 Å². The van der Waals surface area contributed by atoms with Gasteiger partial charge in [-0.25, -0.2) is 4.79 Å². The molecule has 4 unspecified atom stereocenters. The van der Waals surface area contributed by atoms with E-state index in [1.165, 1.54) is 11.8 Å². The predicted molar refractivity (Wildman–Crippen MR) is 160 cm³/mol. The molecule has 0 fully saturated rings. The maximum Gasteiger partial charge on any atom is 0.326 e. The number of hydrogen-bond donors (Lipinski definition) is 7.